The molecule has 0 unspecified atom stereocenters. The van der Waals surface area contributed by atoms with E-state index in [2.05, 4.69) is 13.0 Å². The molecule has 1 heterocycles. The lowest BCUT2D eigenvalue weighted by Crippen LogP contribution is -2.35. The molecule has 22 heavy (non-hydrogen) atoms. The van der Waals surface area contributed by atoms with Crippen molar-refractivity contribution in [3.05, 3.63) is 59.2 Å². The molecule has 0 fully saturated rings. The van der Waals surface area contributed by atoms with E-state index in [0.29, 0.717) is 11.4 Å². The summed E-state index contributed by atoms with van der Waals surface area (Å²) in [5.74, 6) is 0. The second kappa shape index (κ2) is 5.76. The summed E-state index contributed by atoms with van der Waals surface area (Å²) in [4.78, 5) is 0.373. The van der Waals surface area contributed by atoms with E-state index in [1.165, 1.54) is 5.56 Å². The first-order valence-electron chi connectivity index (χ1n) is 7.73. The van der Waals surface area contributed by atoms with Crippen molar-refractivity contribution in [2.75, 3.05) is 10.8 Å². The molecule has 0 aliphatic carbocycles. The minimum absolute atomic E-state index is 0.373. The number of sulfonamides is 1. The lowest BCUT2D eigenvalue weighted by atomic mass is 10.0. The van der Waals surface area contributed by atoms with Crippen LogP contribution in [0.2, 0.25) is 0 Å². The molecular weight excluding hydrogens is 294 g/mol. The Labute approximate surface area is 132 Å². The number of nitrogens with zero attached hydrogens (tertiary/aromatic N) is 1. The van der Waals surface area contributed by atoms with E-state index in [1.807, 2.05) is 31.2 Å². The number of rotatable bonds is 3. The lowest BCUT2D eigenvalue weighted by Gasteiger charge is -2.30. The molecule has 1 aliphatic rings. The number of hydrogen-bond donors (Lipinski definition) is 0. The molecule has 3 rings (SSSR count). The monoisotopic (exact) mass is 315 g/mol. The molecule has 0 amide bonds. The molecule has 0 atom stereocenters. The fourth-order valence-corrected chi connectivity index (χ4v) is 4.51. The average Bonchev–Trinajstić information content (AvgIpc) is 2.54. The van der Waals surface area contributed by atoms with E-state index < -0.39 is 10.0 Å². The van der Waals surface area contributed by atoms with Crippen LogP contribution in [0.25, 0.3) is 0 Å². The van der Waals surface area contributed by atoms with Crippen LogP contribution in [0.1, 0.15) is 30.0 Å². The molecule has 4 heteroatoms. The maximum atomic E-state index is 13.0. The first kappa shape index (κ1) is 15.1. The van der Waals surface area contributed by atoms with Crippen LogP contribution in [0, 0.1) is 6.92 Å². The van der Waals surface area contributed by atoms with Crippen molar-refractivity contribution >= 4 is 15.7 Å². The minimum atomic E-state index is -3.48. The first-order chi connectivity index (χ1) is 10.5. The van der Waals surface area contributed by atoms with Crippen LogP contribution in [0.15, 0.2) is 47.4 Å². The van der Waals surface area contributed by atoms with Gasteiger partial charge in [-0.25, -0.2) is 8.42 Å². The third-order valence-electron chi connectivity index (χ3n) is 4.23. The number of hydrogen-bond acceptors (Lipinski definition) is 2. The van der Waals surface area contributed by atoms with Crippen LogP contribution in [-0.2, 0) is 22.9 Å². The third-order valence-corrected chi connectivity index (χ3v) is 6.06. The zero-order chi connectivity index (χ0) is 15.7. The molecule has 1 aliphatic heterocycles. The zero-order valence-corrected chi connectivity index (χ0v) is 13.9. The summed E-state index contributed by atoms with van der Waals surface area (Å²) in [6, 6.07) is 13.2. The molecule has 0 saturated carbocycles. The van der Waals surface area contributed by atoms with E-state index in [4.69, 9.17) is 0 Å². The first-order valence-corrected chi connectivity index (χ1v) is 9.17. The highest BCUT2D eigenvalue weighted by Crippen LogP contribution is 2.32. The van der Waals surface area contributed by atoms with E-state index in [1.54, 1.807) is 16.4 Å². The normalized spacial score (nSPS) is 14.7. The van der Waals surface area contributed by atoms with Crippen LogP contribution in [0.5, 0.6) is 0 Å². The molecule has 0 radical (unpaired) electrons. The smallest absolute Gasteiger partial charge is 0.264 e. The van der Waals surface area contributed by atoms with E-state index in [0.717, 1.165) is 36.1 Å². The molecule has 3 nitrogen and oxygen atoms in total. The Morgan fingerprint density at radius 1 is 1.09 bits per heavy atom. The molecule has 0 aromatic heterocycles. The highest BCUT2D eigenvalue weighted by Gasteiger charge is 2.28. The molecule has 116 valence electrons. The van der Waals surface area contributed by atoms with Crippen molar-refractivity contribution < 1.29 is 8.42 Å². The van der Waals surface area contributed by atoms with Crippen molar-refractivity contribution in [3.63, 3.8) is 0 Å². The Kier molecular flexibility index (Phi) is 3.96. The van der Waals surface area contributed by atoms with Crippen molar-refractivity contribution in [1.82, 2.24) is 0 Å². The Morgan fingerprint density at radius 3 is 2.50 bits per heavy atom. The van der Waals surface area contributed by atoms with Gasteiger partial charge in [0, 0.05) is 6.54 Å². The molecule has 0 spiro atoms. The van der Waals surface area contributed by atoms with Crippen LogP contribution in [0.4, 0.5) is 5.69 Å². The lowest BCUT2D eigenvalue weighted by molar-refractivity contribution is 0.586. The Bertz CT molecular complexity index is 779. The summed E-state index contributed by atoms with van der Waals surface area (Å²) in [6.45, 7) is 4.65. The summed E-state index contributed by atoms with van der Waals surface area (Å²) in [5, 5.41) is 0. The second-order valence-corrected chi connectivity index (χ2v) is 7.67. The highest BCUT2D eigenvalue weighted by atomic mass is 32.2. The number of benzene rings is 2. The highest BCUT2D eigenvalue weighted by molar-refractivity contribution is 7.92. The van der Waals surface area contributed by atoms with Crippen molar-refractivity contribution in [1.29, 1.82) is 0 Å². The Balaban J connectivity index is 2.03. The van der Waals surface area contributed by atoms with Gasteiger partial charge in [-0.1, -0.05) is 36.8 Å². The summed E-state index contributed by atoms with van der Waals surface area (Å²) in [5.41, 5.74) is 4.27. The predicted molar refractivity (Wildman–Crippen MR) is 89.9 cm³/mol. The van der Waals surface area contributed by atoms with E-state index in [9.17, 15) is 8.42 Å². The maximum Gasteiger partial charge on any atom is 0.264 e. The van der Waals surface area contributed by atoms with Crippen molar-refractivity contribution in [2.24, 2.45) is 0 Å². The minimum Gasteiger partial charge on any atom is -0.266 e. The molecule has 0 bridgehead atoms. The van der Waals surface area contributed by atoms with Gasteiger partial charge in [-0.2, -0.15) is 0 Å². The number of anilines is 1. The Hall–Kier alpha value is -1.81. The van der Waals surface area contributed by atoms with Crippen LogP contribution in [0.3, 0.4) is 0 Å². The van der Waals surface area contributed by atoms with Crippen LogP contribution >= 0.6 is 0 Å². The Morgan fingerprint density at radius 2 is 1.82 bits per heavy atom. The largest absolute Gasteiger partial charge is 0.266 e. The van der Waals surface area contributed by atoms with E-state index >= 15 is 0 Å². The molecule has 2 aromatic rings. The summed E-state index contributed by atoms with van der Waals surface area (Å²) < 4.78 is 27.5. The second-order valence-electron chi connectivity index (χ2n) is 5.81. The SMILES string of the molecule is CCc1ccc(S(=O)(=O)N2CCCc3cc(C)ccc32)cc1. The van der Waals surface area contributed by atoms with Gasteiger partial charge < -0.3 is 0 Å². The van der Waals surface area contributed by atoms with Gasteiger partial charge in [0.15, 0.2) is 0 Å². The topological polar surface area (TPSA) is 37.4 Å². The zero-order valence-electron chi connectivity index (χ0n) is 13.0. The van der Waals surface area contributed by atoms with Gasteiger partial charge in [0.05, 0.1) is 10.6 Å². The fourth-order valence-electron chi connectivity index (χ4n) is 2.97. The van der Waals surface area contributed by atoms with E-state index in [-0.39, 0.29) is 0 Å². The number of fused-ring (bicyclic) bond motifs is 1. The third kappa shape index (κ3) is 2.63. The summed E-state index contributed by atoms with van der Waals surface area (Å²) >= 11 is 0. The van der Waals surface area contributed by atoms with Gasteiger partial charge in [-0.05, 0) is 55.5 Å². The standard InChI is InChI=1S/C18H21NO2S/c1-3-15-7-9-17(10-8-15)22(20,21)19-12-4-5-16-13-14(2)6-11-18(16)19/h6-11,13H,3-5,12H2,1-2H3. The van der Waals surface area contributed by atoms with Gasteiger partial charge in [-0.3, -0.25) is 4.31 Å². The van der Waals surface area contributed by atoms with Crippen molar-refractivity contribution in [3.8, 4) is 0 Å². The van der Waals surface area contributed by atoms with Crippen LogP contribution < -0.4 is 4.31 Å². The summed E-state index contributed by atoms with van der Waals surface area (Å²) in [6.07, 6.45) is 2.71. The predicted octanol–water partition coefficient (Wildman–Crippen LogP) is 3.70. The fraction of sp³-hybridized carbons (Fsp3) is 0.333. The molecule has 2 aromatic carbocycles. The van der Waals surface area contributed by atoms with Gasteiger partial charge in [0.25, 0.3) is 10.0 Å². The van der Waals surface area contributed by atoms with Gasteiger partial charge in [-0.15, -0.1) is 0 Å². The van der Waals surface area contributed by atoms with Gasteiger partial charge in [0.1, 0.15) is 0 Å². The maximum absolute atomic E-state index is 13.0. The van der Waals surface area contributed by atoms with Crippen LogP contribution in [-0.4, -0.2) is 15.0 Å². The molecule has 0 N–H and O–H groups in total. The van der Waals surface area contributed by atoms with Gasteiger partial charge in [0.2, 0.25) is 0 Å². The van der Waals surface area contributed by atoms with Crippen molar-refractivity contribution in [2.45, 2.75) is 38.0 Å². The molecular formula is C18H21NO2S. The van der Waals surface area contributed by atoms with Gasteiger partial charge >= 0.3 is 0 Å². The molecule has 0 saturated heterocycles. The quantitative estimate of drug-likeness (QED) is 0.866. The summed E-state index contributed by atoms with van der Waals surface area (Å²) in [7, 11) is -3.48. The average molecular weight is 315 g/mol. The number of aryl methyl sites for hydroxylation is 3.